The topological polar surface area (TPSA) is 17.1 Å². The number of carbonyl (C=O) groups is 1. The highest BCUT2D eigenvalue weighted by atomic mass is 19.0. The van der Waals surface area contributed by atoms with E-state index in [4.69, 9.17) is 0 Å². The minimum atomic E-state index is 0. The third kappa shape index (κ3) is 4.74. The number of carbonyl (C=O) groups excluding carboxylic acids is 1. The first-order valence-electron chi connectivity index (χ1n) is 9.33. The summed E-state index contributed by atoms with van der Waals surface area (Å²) in [5.41, 5.74) is 1.47. The lowest BCUT2D eigenvalue weighted by Crippen LogP contribution is -1.99. The van der Waals surface area contributed by atoms with Crippen molar-refractivity contribution in [1.82, 2.24) is 0 Å². The van der Waals surface area contributed by atoms with Crippen LogP contribution in [0, 0.1) is 0 Å². The maximum Gasteiger partial charge on any atom is 0.193 e. The van der Waals surface area contributed by atoms with Crippen LogP contribution in [0.2, 0.25) is 0 Å². The molecule has 0 spiro atoms. The molecule has 5 aromatic rings. The molecule has 142 valence electrons. The lowest BCUT2D eigenvalue weighted by Gasteiger charge is -2.00. The molecule has 2 heteroatoms. The lowest BCUT2D eigenvalue weighted by atomic mass is 10.0. The smallest absolute Gasteiger partial charge is 0.193 e. The van der Waals surface area contributed by atoms with Crippen molar-refractivity contribution in [3.63, 3.8) is 0 Å². The Bertz CT molecular complexity index is 1070. The van der Waals surface area contributed by atoms with Gasteiger partial charge in [0.1, 0.15) is 0 Å². The van der Waals surface area contributed by atoms with Gasteiger partial charge in [-0.3, -0.25) is 9.50 Å². The SMILES string of the molecule is F.O=C(c1ccccc1)c1ccccc1.c1ccc2cc3ccccc3cc2c1. The Hall–Kier alpha value is -3.78. The number of benzene rings is 5. The Morgan fingerprint density at radius 3 is 1.00 bits per heavy atom. The van der Waals surface area contributed by atoms with Gasteiger partial charge < -0.3 is 0 Å². The first-order chi connectivity index (χ1) is 13.8. The summed E-state index contributed by atoms with van der Waals surface area (Å²) in [6.45, 7) is 0. The van der Waals surface area contributed by atoms with E-state index in [1.807, 2.05) is 60.7 Å². The second kappa shape index (κ2) is 9.43. The molecule has 29 heavy (non-hydrogen) atoms. The molecule has 0 aliphatic carbocycles. The van der Waals surface area contributed by atoms with E-state index in [2.05, 4.69) is 60.7 Å². The molecule has 0 bridgehead atoms. The van der Waals surface area contributed by atoms with Gasteiger partial charge in [0.15, 0.2) is 5.78 Å². The summed E-state index contributed by atoms with van der Waals surface area (Å²) in [5, 5.41) is 5.25. The molecular weight excluding hydrogens is 359 g/mol. The van der Waals surface area contributed by atoms with Crippen LogP contribution in [0.5, 0.6) is 0 Å². The Balaban J connectivity index is 0.000000160. The van der Waals surface area contributed by atoms with Crippen LogP contribution in [0.25, 0.3) is 21.5 Å². The predicted octanol–water partition coefficient (Wildman–Crippen LogP) is 7.06. The van der Waals surface area contributed by atoms with Crippen molar-refractivity contribution in [3.8, 4) is 0 Å². The lowest BCUT2D eigenvalue weighted by molar-refractivity contribution is 0.103. The van der Waals surface area contributed by atoms with Gasteiger partial charge in [0.25, 0.3) is 0 Å². The van der Waals surface area contributed by atoms with Gasteiger partial charge in [0.2, 0.25) is 0 Å². The summed E-state index contributed by atoms with van der Waals surface area (Å²) in [7, 11) is 0. The largest absolute Gasteiger partial charge is 0.289 e. The van der Waals surface area contributed by atoms with Gasteiger partial charge in [-0.25, -0.2) is 0 Å². The van der Waals surface area contributed by atoms with Crippen LogP contribution in [-0.2, 0) is 0 Å². The summed E-state index contributed by atoms with van der Waals surface area (Å²) in [5.74, 6) is 0.0752. The van der Waals surface area contributed by atoms with Crippen LogP contribution in [0.3, 0.4) is 0 Å². The van der Waals surface area contributed by atoms with Crippen LogP contribution < -0.4 is 0 Å². The van der Waals surface area contributed by atoms with Crippen molar-refractivity contribution in [2.24, 2.45) is 0 Å². The highest BCUT2D eigenvalue weighted by Crippen LogP contribution is 2.22. The van der Waals surface area contributed by atoms with E-state index in [1.54, 1.807) is 0 Å². The number of ketones is 1. The van der Waals surface area contributed by atoms with Gasteiger partial charge in [-0.1, -0.05) is 109 Å². The number of rotatable bonds is 2. The molecule has 0 aromatic heterocycles. The van der Waals surface area contributed by atoms with Crippen molar-refractivity contribution in [1.29, 1.82) is 0 Å². The van der Waals surface area contributed by atoms with E-state index in [0.717, 1.165) is 11.1 Å². The van der Waals surface area contributed by atoms with Gasteiger partial charge in [0.05, 0.1) is 0 Å². The molecule has 0 unspecified atom stereocenters. The molecule has 5 rings (SSSR count). The second-order valence-electron chi connectivity index (χ2n) is 6.61. The van der Waals surface area contributed by atoms with Crippen molar-refractivity contribution < 1.29 is 9.50 Å². The fourth-order valence-corrected chi connectivity index (χ4v) is 3.23. The zero-order chi connectivity index (χ0) is 19.2. The molecule has 0 aliphatic rings. The van der Waals surface area contributed by atoms with Crippen LogP contribution in [0.1, 0.15) is 15.9 Å². The summed E-state index contributed by atoms with van der Waals surface area (Å²) in [6.07, 6.45) is 0. The van der Waals surface area contributed by atoms with Crippen molar-refractivity contribution in [3.05, 3.63) is 132 Å². The fourth-order valence-electron chi connectivity index (χ4n) is 3.23. The van der Waals surface area contributed by atoms with Crippen LogP contribution in [0.15, 0.2) is 121 Å². The summed E-state index contributed by atoms with van der Waals surface area (Å²) in [6, 6.07) is 40.0. The number of hydrogen-bond acceptors (Lipinski definition) is 1. The Kier molecular flexibility index (Phi) is 6.49. The summed E-state index contributed by atoms with van der Waals surface area (Å²) < 4.78 is 0. The van der Waals surface area contributed by atoms with Crippen molar-refractivity contribution in [2.45, 2.75) is 0 Å². The summed E-state index contributed by atoms with van der Waals surface area (Å²) in [4.78, 5) is 11.8. The van der Waals surface area contributed by atoms with E-state index in [1.165, 1.54) is 21.5 Å². The first-order valence-corrected chi connectivity index (χ1v) is 9.33. The van der Waals surface area contributed by atoms with Crippen LogP contribution in [-0.4, -0.2) is 5.78 Å². The quantitative estimate of drug-likeness (QED) is 0.237. The molecule has 0 aliphatic heterocycles. The number of fused-ring (bicyclic) bond motifs is 2. The average molecular weight is 380 g/mol. The standard InChI is InChI=1S/C14H10.C13H10O.FH/c1-2-6-12-10-14-8-4-3-7-13(14)9-11(12)5-1;14-13(11-7-3-1-4-8-11)12-9-5-2-6-10-12;/h2*1-10H;1H. The fraction of sp³-hybridized carbons (Fsp3) is 0. The van der Waals surface area contributed by atoms with Crippen LogP contribution in [0.4, 0.5) is 4.70 Å². The maximum atomic E-state index is 11.8. The third-order valence-corrected chi connectivity index (χ3v) is 4.69. The van der Waals surface area contributed by atoms with E-state index in [9.17, 15) is 4.79 Å². The minimum absolute atomic E-state index is 0. The molecule has 0 N–H and O–H groups in total. The highest BCUT2D eigenvalue weighted by Gasteiger charge is 2.06. The van der Waals surface area contributed by atoms with E-state index in [-0.39, 0.29) is 10.5 Å². The number of halogens is 1. The normalized spacial score (nSPS) is 9.93. The second-order valence-corrected chi connectivity index (χ2v) is 6.61. The van der Waals surface area contributed by atoms with Gasteiger partial charge >= 0.3 is 0 Å². The molecule has 0 heterocycles. The molecule has 5 aromatic carbocycles. The van der Waals surface area contributed by atoms with E-state index >= 15 is 0 Å². The van der Waals surface area contributed by atoms with E-state index < -0.39 is 0 Å². The molecular formula is C27H21FO. The molecule has 0 radical (unpaired) electrons. The van der Waals surface area contributed by atoms with E-state index in [0.29, 0.717) is 0 Å². The third-order valence-electron chi connectivity index (χ3n) is 4.69. The van der Waals surface area contributed by atoms with Crippen molar-refractivity contribution >= 4 is 27.3 Å². The maximum absolute atomic E-state index is 11.8. The highest BCUT2D eigenvalue weighted by molar-refractivity contribution is 6.08. The van der Waals surface area contributed by atoms with Gasteiger partial charge in [-0.05, 0) is 33.7 Å². The Morgan fingerprint density at radius 1 is 0.414 bits per heavy atom. The Morgan fingerprint density at radius 2 is 0.690 bits per heavy atom. The number of hydrogen-bond donors (Lipinski definition) is 0. The zero-order valence-corrected chi connectivity index (χ0v) is 15.9. The zero-order valence-electron chi connectivity index (χ0n) is 15.9. The molecule has 0 saturated heterocycles. The molecule has 0 fully saturated rings. The monoisotopic (exact) mass is 380 g/mol. The van der Waals surface area contributed by atoms with Gasteiger partial charge in [-0.2, -0.15) is 0 Å². The minimum Gasteiger partial charge on any atom is -0.289 e. The van der Waals surface area contributed by atoms with Gasteiger partial charge in [-0.15, -0.1) is 0 Å². The molecule has 0 amide bonds. The first kappa shape index (κ1) is 20.0. The van der Waals surface area contributed by atoms with Gasteiger partial charge in [0, 0.05) is 11.1 Å². The van der Waals surface area contributed by atoms with Crippen molar-refractivity contribution in [2.75, 3.05) is 0 Å². The predicted molar refractivity (Wildman–Crippen MR) is 120 cm³/mol. The summed E-state index contributed by atoms with van der Waals surface area (Å²) >= 11 is 0. The molecule has 1 nitrogen and oxygen atoms in total. The van der Waals surface area contributed by atoms with Crippen LogP contribution >= 0.6 is 0 Å². The Labute approximate surface area is 169 Å². The average Bonchev–Trinajstić information content (AvgIpc) is 2.79. The molecule has 0 saturated carbocycles. The molecule has 0 atom stereocenters.